The molecule has 1 aromatic rings. The largest absolute Gasteiger partial charge is 0.467 e. The van der Waals surface area contributed by atoms with Crippen LogP contribution < -0.4 is 5.32 Å². The standard InChI is InChI=1S/C15H20INO3/c1-15(14(18)19-2,11-5-7-12(16)8-6-11)17-10-13-4-3-9-20-13/h5-8,13,17H,3-4,9-10H2,1-2H3. The second kappa shape index (κ2) is 6.87. The molecule has 1 aromatic carbocycles. The third-order valence-corrected chi connectivity index (χ3v) is 4.44. The van der Waals surface area contributed by atoms with Crippen molar-refractivity contribution in [3.05, 3.63) is 33.4 Å². The summed E-state index contributed by atoms with van der Waals surface area (Å²) in [5.41, 5.74) is 0.0631. The van der Waals surface area contributed by atoms with Crippen molar-refractivity contribution in [3.63, 3.8) is 0 Å². The predicted octanol–water partition coefficient (Wildman–Crippen LogP) is 2.45. The molecule has 1 heterocycles. The number of nitrogens with one attached hydrogen (secondary N) is 1. The summed E-state index contributed by atoms with van der Waals surface area (Å²) < 4.78 is 11.7. The molecule has 20 heavy (non-hydrogen) atoms. The highest BCUT2D eigenvalue weighted by atomic mass is 127. The third kappa shape index (κ3) is 3.51. The van der Waals surface area contributed by atoms with Gasteiger partial charge in [-0.1, -0.05) is 12.1 Å². The quantitative estimate of drug-likeness (QED) is 0.621. The average Bonchev–Trinajstić information content (AvgIpc) is 2.98. The van der Waals surface area contributed by atoms with Crippen LogP contribution in [0.15, 0.2) is 24.3 Å². The molecule has 5 heteroatoms. The van der Waals surface area contributed by atoms with Crippen LogP contribution in [0, 0.1) is 3.57 Å². The molecule has 2 atom stereocenters. The number of hydrogen-bond donors (Lipinski definition) is 1. The first-order valence-corrected chi connectivity index (χ1v) is 7.85. The van der Waals surface area contributed by atoms with Crippen molar-refractivity contribution in [1.29, 1.82) is 0 Å². The smallest absolute Gasteiger partial charge is 0.330 e. The molecular weight excluding hydrogens is 369 g/mol. The summed E-state index contributed by atoms with van der Waals surface area (Å²) in [5.74, 6) is -0.281. The van der Waals surface area contributed by atoms with E-state index in [1.165, 1.54) is 7.11 Å². The van der Waals surface area contributed by atoms with Gasteiger partial charge in [-0.2, -0.15) is 0 Å². The molecule has 1 saturated heterocycles. The molecule has 0 spiro atoms. The second-order valence-electron chi connectivity index (χ2n) is 5.14. The van der Waals surface area contributed by atoms with E-state index in [-0.39, 0.29) is 12.1 Å². The predicted molar refractivity (Wildman–Crippen MR) is 85.5 cm³/mol. The topological polar surface area (TPSA) is 47.6 Å². The SMILES string of the molecule is COC(=O)C(C)(NCC1CCCO1)c1ccc(I)cc1. The van der Waals surface area contributed by atoms with E-state index in [4.69, 9.17) is 9.47 Å². The van der Waals surface area contributed by atoms with E-state index in [1.807, 2.05) is 31.2 Å². The summed E-state index contributed by atoms with van der Waals surface area (Å²) >= 11 is 2.25. The van der Waals surface area contributed by atoms with Gasteiger partial charge in [0.2, 0.25) is 0 Å². The first-order chi connectivity index (χ1) is 9.56. The summed E-state index contributed by atoms with van der Waals surface area (Å²) in [6, 6.07) is 7.90. The maximum Gasteiger partial charge on any atom is 0.330 e. The second-order valence-corrected chi connectivity index (χ2v) is 6.39. The minimum absolute atomic E-state index is 0.183. The van der Waals surface area contributed by atoms with Gasteiger partial charge in [-0.3, -0.25) is 5.32 Å². The third-order valence-electron chi connectivity index (χ3n) is 3.72. The number of benzene rings is 1. The Labute approximate surface area is 133 Å². The van der Waals surface area contributed by atoms with Crippen LogP contribution in [-0.4, -0.2) is 32.3 Å². The van der Waals surface area contributed by atoms with Crippen molar-refractivity contribution >= 4 is 28.6 Å². The fourth-order valence-corrected chi connectivity index (χ4v) is 2.76. The van der Waals surface area contributed by atoms with E-state index in [1.54, 1.807) is 0 Å². The number of methoxy groups -OCH3 is 1. The maximum absolute atomic E-state index is 12.2. The summed E-state index contributed by atoms with van der Waals surface area (Å²) in [4.78, 5) is 12.2. The molecule has 2 unspecified atom stereocenters. The number of esters is 1. The van der Waals surface area contributed by atoms with Crippen LogP contribution in [0.25, 0.3) is 0 Å². The summed E-state index contributed by atoms with van der Waals surface area (Å²) in [7, 11) is 1.42. The van der Waals surface area contributed by atoms with Gasteiger partial charge in [-0.15, -0.1) is 0 Å². The molecule has 0 radical (unpaired) electrons. The number of carbonyl (C=O) groups excluding carboxylic acids is 1. The Morgan fingerprint density at radius 2 is 2.20 bits per heavy atom. The van der Waals surface area contributed by atoms with Crippen LogP contribution >= 0.6 is 22.6 Å². The first kappa shape index (κ1) is 15.7. The van der Waals surface area contributed by atoms with Crippen LogP contribution in [0.3, 0.4) is 0 Å². The van der Waals surface area contributed by atoms with Crippen LogP contribution in [0.5, 0.6) is 0 Å². The fourth-order valence-electron chi connectivity index (χ4n) is 2.40. The number of hydrogen-bond acceptors (Lipinski definition) is 4. The molecule has 0 aliphatic carbocycles. The van der Waals surface area contributed by atoms with Crippen molar-refractivity contribution in [3.8, 4) is 0 Å². The van der Waals surface area contributed by atoms with Crippen molar-refractivity contribution in [1.82, 2.24) is 5.32 Å². The Morgan fingerprint density at radius 1 is 1.50 bits per heavy atom. The summed E-state index contributed by atoms with van der Waals surface area (Å²) in [5, 5.41) is 3.32. The number of ether oxygens (including phenoxy) is 2. The van der Waals surface area contributed by atoms with Crippen LogP contribution in [-0.2, 0) is 19.8 Å². The van der Waals surface area contributed by atoms with E-state index >= 15 is 0 Å². The lowest BCUT2D eigenvalue weighted by Gasteiger charge is -2.29. The van der Waals surface area contributed by atoms with Gasteiger partial charge < -0.3 is 9.47 Å². The normalized spacial score (nSPS) is 21.4. The number of rotatable bonds is 5. The van der Waals surface area contributed by atoms with Gasteiger partial charge >= 0.3 is 5.97 Å². The van der Waals surface area contributed by atoms with E-state index in [2.05, 4.69) is 27.9 Å². The van der Waals surface area contributed by atoms with Gasteiger partial charge in [-0.25, -0.2) is 4.79 Å². The van der Waals surface area contributed by atoms with E-state index < -0.39 is 5.54 Å². The highest BCUT2D eigenvalue weighted by Crippen LogP contribution is 2.24. The zero-order valence-electron chi connectivity index (χ0n) is 11.8. The lowest BCUT2D eigenvalue weighted by Crippen LogP contribution is -2.49. The van der Waals surface area contributed by atoms with Gasteiger partial charge in [-0.05, 0) is 60.1 Å². The van der Waals surface area contributed by atoms with Crippen molar-refractivity contribution < 1.29 is 14.3 Å². The molecular formula is C15H20INO3. The molecule has 0 bridgehead atoms. The van der Waals surface area contributed by atoms with Crippen LogP contribution in [0.4, 0.5) is 0 Å². The van der Waals surface area contributed by atoms with Gasteiger partial charge in [0.05, 0.1) is 13.2 Å². The molecule has 110 valence electrons. The van der Waals surface area contributed by atoms with Crippen molar-refractivity contribution in [2.24, 2.45) is 0 Å². The lowest BCUT2D eigenvalue weighted by atomic mass is 9.91. The Morgan fingerprint density at radius 3 is 2.75 bits per heavy atom. The molecule has 0 saturated carbocycles. The molecule has 1 aliphatic heterocycles. The highest BCUT2D eigenvalue weighted by molar-refractivity contribution is 14.1. The zero-order valence-corrected chi connectivity index (χ0v) is 14.0. The van der Waals surface area contributed by atoms with Crippen LogP contribution in [0.2, 0.25) is 0 Å². The average molecular weight is 389 g/mol. The minimum atomic E-state index is -0.842. The van der Waals surface area contributed by atoms with Crippen molar-refractivity contribution in [2.45, 2.75) is 31.4 Å². The van der Waals surface area contributed by atoms with E-state index in [9.17, 15) is 4.79 Å². The van der Waals surface area contributed by atoms with Gasteiger partial charge in [0.1, 0.15) is 5.54 Å². The molecule has 0 aromatic heterocycles. The Hall–Kier alpha value is -0.660. The van der Waals surface area contributed by atoms with E-state index in [0.29, 0.717) is 6.54 Å². The molecule has 1 N–H and O–H groups in total. The Kier molecular flexibility index (Phi) is 5.40. The van der Waals surface area contributed by atoms with Crippen LogP contribution in [0.1, 0.15) is 25.3 Å². The summed E-state index contributed by atoms with van der Waals surface area (Å²) in [6.07, 6.45) is 2.31. The molecule has 1 aliphatic rings. The fraction of sp³-hybridized carbons (Fsp3) is 0.533. The lowest BCUT2D eigenvalue weighted by molar-refractivity contribution is -0.148. The minimum Gasteiger partial charge on any atom is -0.467 e. The Bertz CT molecular complexity index is 457. The number of halogens is 1. The molecule has 2 rings (SSSR count). The summed E-state index contributed by atoms with van der Waals surface area (Å²) in [6.45, 7) is 3.32. The molecule has 0 amide bonds. The van der Waals surface area contributed by atoms with E-state index in [0.717, 1.165) is 28.6 Å². The molecule has 1 fully saturated rings. The first-order valence-electron chi connectivity index (χ1n) is 6.77. The van der Waals surface area contributed by atoms with Gasteiger partial charge in [0, 0.05) is 16.7 Å². The monoisotopic (exact) mass is 389 g/mol. The zero-order chi connectivity index (χ0) is 14.6. The van der Waals surface area contributed by atoms with Crippen molar-refractivity contribution in [2.75, 3.05) is 20.3 Å². The maximum atomic E-state index is 12.2. The van der Waals surface area contributed by atoms with Gasteiger partial charge in [0.25, 0.3) is 0 Å². The molecule has 4 nitrogen and oxygen atoms in total. The number of carbonyl (C=O) groups is 1. The van der Waals surface area contributed by atoms with Gasteiger partial charge in [0.15, 0.2) is 0 Å². The Balaban J connectivity index is 2.15. The highest BCUT2D eigenvalue weighted by Gasteiger charge is 2.36.